The van der Waals surface area contributed by atoms with Gasteiger partial charge in [0.2, 0.25) is 5.16 Å². The number of benzene rings is 1. The lowest BCUT2D eigenvalue weighted by molar-refractivity contribution is 0.653. The second-order valence-electron chi connectivity index (χ2n) is 3.43. The Morgan fingerprint density at radius 1 is 1.53 bits per heavy atom. The Balaban J connectivity index is 2.34. The van der Waals surface area contributed by atoms with E-state index in [1.54, 1.807) is 17.2 Å². The van der Waals surface area contributed by atoms with Gasteiger partial charge in [-0.3, -0.25) is 4.21 Å². The Morgan fingerprint density at radius 3 is 3.00 bits per heavy atom. The first kappa shape index (κ1) is 12.7. The molecule has 1 unspecified atom stereocenters. The second kappa shape index (κ2) is 5.29. The van der Waals surface area contributed by atoms with Crippen molar-refractivity contribution in [1.82, 2.24) is 14.8 Å². The first-order valence-corrected chi connectivity index (χ1v) is 7.46. The lowest BCUT2D eigenvalue weighted by atomic mass is 10.2. The molecule has 0 aliphatic rings. The summed E-state index contributed by atoms with van der Waals surface area (Å²) in [6, 6.07) is 5.61. The molecule has 90 valence electrons. The van der Waals surface area contributed by atoms with Crippen molar-refractivity contribution in [3.63, 3.8) is 0 Å². The molecule has 4 nitrogen and oxygen atoms in total. The average Bonchev–Trinajstić information content (AvgIpc) is 2.71. The van der Waals surface area contributed by atoms with Crippen molar-refractivity contribution in [1.29, 1.82) is 0 Å². The number of aromatic nitrogens is 3. The predicted octanol–water partition coefficient (Wildman–Crippen LogP) is 2.48. The van der Waals surface area contributed by atoms with Crippen LogP contribution in [0.15, 0.2) is 34.2 Å². The Bertz CT molecular complexity index is 572. The topological polar surface area (TPSA) is 47.8 Å². The zero-order valence-electron chi connectivity index (χ0n) is 8.93. The van der Waals surface area contributed by atoms with Gasteiger partial charge in [0.25, 0.3) is 0 Å². The van der Waals surface area contributed by atoms with Crippen molar-refractivity contribution in [2.24, 2.45) is 0 Å². The highest BCUT2D eigenvalue weighted by Crippen LogP contribution is 2.22. The van der Waals surface area contributed by atoms with Crippen molar-refractivity contribution in [2.75, 3.05) is 6.26 Å². The predicted molar refractivity (Wildman–Crippen MR) is 70.6 cm³/mol. The van der Waals surface area contributed by atoms with Crippen molar-refractivity contribution in [3.8, 4) is 0 Å². The van der Waals surface area contributed by atoms with E-state index >= 15 is 0 Å². The molecule has 0 aliphatic carbocycles. The van der Waals surface area contributed by atoms with E-state index < -0.39 is 10.8 Å². The van der Waals surface area contributed by atoms with E-state index in [1.165, 1.54) is 0 Å². The molecule has 1 heterocycles. The lowest BCUT2D eigenvalue weighted by Gasteiger charge is -2.07. The molecule has 1 aromatic heterocycles. The number of halogens is 2. The number of rotatable bonds is 3. The van der Waals surface area contributed by atoms with Gasteiger partial charge in [-0.05, 0) is 23.8 Å². The first-order chi connectivity index (χ1) is 8.08. The van der Waals surface area contributed by atoms with Gasteiger partial charge in [-0.2, -0.15) is 0 Å². The van der Waals surface area contributed by atoms with Gasteiger partial charge in [0.05, 0.1) is 17.3 Å². The van der Waals surface area contributed by atoms with Gasteiger partial charge in [-0.1, -0.05) is 27.5 Å². The fourth-order valence-corrected chi connectivity index (χ4v) is 2.61. The minimum Gasteiger partial charge on any atom is -0.302 e. The van der Waals surface area contributed by atoms with Crippen molar-refractivity contribution in [3.05, 3.63) is 39.6 Å². The number of nitrogens with zero attached hydrogens (tertiary/aromatic N) is 3. The van der Waals surface area contributed by atoms with Crippen LogP contribution in [0.3, 0.4) is 0 Å². The summed E-state index contributed by atoms with van der Waals surface area (Å²) < 4.78 is 14.1. The van der Waals surface area contributed by atoms with Crippen molar-refractivity contribution >= 4 is 38.3 Å². The molecule has 7 heteroatoms. The molecule has 17 heavy (non-hydrogen) atoms. The van der Waals surface area contributed by atoms with Gasteiger partial charge in [0.15, 0.2) is 0 Å². The first-order valence-electron chi connectivity index (χ1n) is 4.73. The van der Waals surface area contributed by atoms with E-state index in [4.69, 9.17) is 11.6 Å². The third-order valence-electron chi connectivity index (χ3n) is 2.19. The zero-order chi connectivity index (χ0) is 12.4. The summed E-state index contributed by atoms with van der Waals surface area (Å²) in [5.74, 6) is 0. The standard InChI is InChI=1S/C10H9BrClN3OS/c1-17(16)10-14-13-6-15(10)5-7-4-8(11)2-3-9(7)12/h2-4,6H,5H2,1H3. The summed E-state index contributed by atoms with van der Waals surface area (Å²) >= 11 is 9.48. The highest BCUT2D eigenvalue weighted by molar-refractivity contribution is 9.10. The minimum atomic E-state index is -1.16. The molecule has 0 amide bonds. The second-order valence-corrected chi connectivity index (χ2v) is 6.03. The molecule has 0 radical (unpaired) electrons. The molecular formula is C10H9BrClN3OS. The van der Waals surface area contributed by atoms with E-state index in [0.717, 1.165) is 10.0 Å². The highest BCUT2D eigenvalue weighted by Gasteiger charge is 2.10. The van der Waals surface area contributed by atoms with E-state index in [0.29, 0.717) is 16.7 Å². The molecule has 0 spiro atoms. The van der Waals surface area contributed by atoms with Crippen LogP contribution in [0.5, 0.6) is 0 Å². The Morgan fingerprint density at radius 2 is 2.29 bits per heavy atom. The molecule has 0 saturated carbocycles. The molecule has 1 aromatic carbocycles. The minimum absolute atomic E-state index is 0.445. The van der Waals surface area contributed by atoms with Crippen molar-refractivity contribution < 1.29 is 4.21 Å². The fourth-order valence-electron chi connectivity index (χ4n) is 1.42. The van der Waals surface area contributed by atoms with E-state index in [2.05, 4.69) is 26.1 Å². The average molecular weight is 335 g/mol. The van der Waals surface area contributed by atoms with Gasteiger partial charge in [0.1, 0.15) is 6.33 Å². The van der Waals surface area contributed by atoms with E-state index in [9.17, 15) is 4.21 Å². The van der Waals surface area contributed by atoms with Gasteiger partial charge in [-0.15, -0.1) is 10.2 Å². The molecule has 1 atom stereocenters. The van der Waals surface area contributed by atoms with E-state index in [-0.39, 0.29) is 0 Å². The quantitative estimate of drug-likeness (QED) is 0.866. The lowest BCUT2D eigenvalue weighted by Crippen LogP contribution is -2.05. The van der Waals surface area contributed by atoms with Crippen LogP contribution in [0.1, 0.15) is 5.56 Å². The largest absolute Gasteiger partial charge is 0.302 e. The summed E-state index contributed by atoms with van der Waals surface area (Å²) in [6.07, 6.45) is 3.12. The number of hydrogen-bond donors (Lipinski definition) is 0. The smallest absolute Gasteiger partial charge is 0.221 e. The Hall–Kier alpha value is -0.720. The van der Waals surface area contributed by atoms with Crippen LogP contribution in [0, 0.1) is 0 Å². The maximum Gasteiger partial charge on any atom is 0.221 e. The Kier molecular flexibility index (Phi) is 3.96. The summed E-state index contributed by atoms with van der Waals surface area (Å²) in [7, 11) is -1.16. The summed E-state index contributed by atoms with van der Waals surface area (Å²) in [4.78, 5) is 0. The summed E-state index contributed by atoms with van der Waals surface area (Å²) in [5, 5.41) is 8.69. The van der Waals surface area contributed by atoms with Crippen LogP contribution in [0.4, 0.5) is 0 Å². The van der Waals surface area contributed by atoms with Gasteiger partial charge in [-0.25, -0.2) is 0 Å². The molecule has 2 rings (SSSR count). The fraction of sp³-hybridized carbons (Fsp3) is 0.200. The molecule has 0 bridgehead atoms. The third-order valence-corrected chi connectivity index (χ3v) is 3.88. The Labute approximate surface area is 115 Å². The van der Waals surface area contributed by atoms with Crippen LogP contribution in [0.25, 0.3) is 0 Å². The maximum atomic E-state index is 11.4. The van der Waals surface area contributed by atoms with Crippen LogP contribution in [-0.2, 0) is 17.3 Å². The third kappa shape index (κ3) is 2.94. The van der Waals surface area contributed by atoms with Crippen LogP contribution in [-0.4, -0.2) is 25.2 Å². The van der Waals surface area contributed by atoms with E-state index in [1.807, 2.05) is 18.2 Å². The number of hydrogen-bond acceptors (Lipinski definition) is 3. The normalized spacial score (nSPS) is 12.6. The highest BCUT2D eigenvalue weighted by atomic mass is 79.9. The molecular weight excluding hydrogens is 326 g/mol. The van der Waals surface area contributed by atoms with Crippen molar-refractivity contribution in [2.45, 2.75) is 11.7 Å². The maximum absolute atomic E-state index is 11.4. The summed E-state index contributed by atoms with van der Waals surface area (Å²) in [5.41, 5.74) is 0.924. The molecule has 0 N–H and O–H groups in total. The molecule has 0 aliphatic heterocycles. The monoisotopic (exact) mass is 333 g/mol. The molecule has 0 saturated heterocycles. The van der Waals surface area contributed by atoms with Gasteiger partial charge >= 0.3 is 0 Å². The summed E-state index contributed by atoms with van der Waals surface area (Å²) in [6.45, 7) is 0.500. The zero-order valence-corrected chi connectivity index (χ0v) is 12.1. The van der Waals surface area contributed by atoms with Gasteiger partial charge in [0, 0.05) is 15.8 Å². The SMILES string of the molecule is CS(=O)c1nncn1Cc1cc(Br)ccc1Cl. The molecule has 2 aromatic rings. The molecule has 0 fully saturated rings. The van der Waals surface area contributed by atoms with Crippen LogP contribution >= 0.6 is 27.5 Å². The van der Waals surface area contributed by atoms with Crippen LogP contribution in [0.2, 0.25) is 5.02 Å². The van der Waals surface area contributed by atoms with Gasteiger partial charge < -0.3 is 4.57 Å². The van der Waals surface area contributed by atoms with Crippen LogP contribution < -0.4 is 0 Å².